The molecule has 0 atom stereocenters. The van der Waals surface area contributed by atoms with Gasteiger partial charge in [-0.1, -0.05) is 5.11 Å². The fraction of sp³-hybridized carbons (Fsp3) is 0.286. The van der Waals surface area contributed by atoms with Crippen LogP contribution in [-0.4, -0.2) is 35.1 Å². The maximum atomic E-state index is 5.31. The molecule has 60 valence electrons. The molecule has 0 spiro atoms. The lowest BCUT2D eigenvalue weighted by Gasteiger charge is -2.19. The Labute approximate surface area is 89.8 Å². The Bertz CT molecular complexity index is 272. The van der Waals surface area contributed by atoms with Crippen LogP contribution < -0.4 is 4.74 Å². The van der Waals surface area contributed by atoms with Gasteiger partial charge in [0.15, 0.2) is 0 Å². The van der Waals surface area contributed by atoms with Gasteiger partial charge in [-0.3, -0.25) is 0 Å². The number of aromatic nitrogens is 1. The minimum atomic E-state index is -1.32. The van der Waals surface area contributed by atoms with Crippen LogP contribution in [0, 0.1) is 0 Å². The molecule has 0 unspecified atom stereocenters. The SMILES string of the molecule is [B]C([B])([B])COc1ccc(Br)cn1. The molecule has 0 saturated heterocycles. The van der Waals surface area contributed by atoms with Crippen LogP contribution in [0.2, 0.25) is 5.11 Å². The molecule has 0 aliphatic rings. The van der Waals surface area contributed by atoms with Gasteiger partial charge in [0.25, 0.3) is 0 Å². The van der Waals surface area contributed by atoms with E-state index in [0.29, 0.717) is 5.88 Å². The molecule has 0 amide bonds. The normalized spacial score (nSPS) is 11.2. The van der Waals surface area contributed by atoms with Crippen LogP contribution in [-0.2, 0) is 0 Å². The lowest BCUT2D eigenvalue weighted by atomic mass is 9.43. The third-order valence-corrected chi connectivity index (χ3v) is 1.64. The van der Waals surface area contributed by atoms with E-state index in [0.717, 1.165) is 4.47 Å². The summed E-state index contributed by atoms with van der Waals surface area (Å²) in [4.78, 5) is 3.95. The molecule has 0 aliphatic heterocycles. The van der Waals surface area contributed by atoms with Gasteiger partial charge in [0.2, 0.25) is 5.88 Å². The lowest BCUT2D eigenvalue weighted by Crippen LogP contribution is -2.22. The van der Waals surface area contributed by atoms with Crippen LogP contribution in [0.5, 0.6) is 5.88 Å². The monoisotopic (exact) mass is 231 g/mol. The highest BCUT2D eigenvalue weighted by Crippen LogP contribution is 2.15. The fourth-order valence-corrected chi connectivity index (χ4v) is 0.881. The second kappa shape index (κ2) is 4.22. The van der Waals surface area contributed by atoms with E-state index in [4.69, 9.17) is 28.3 Å². The molecule has 1 heterocycles. The Kier molecular flexibility index (Phi) is 3.48. The highest BCUT2D eigenvalue weighted by Gasteiger charge is 2.09. The minimum Gasteiger partial charge on any atom is -0.479 e. The van der Waals surface area contributed by atoms with Gasteiger partial charge >= 0.3 is 0 Å². The Morgan fingerprint density at radius 3 is 2.54 bits per heavy atom. The van der Waals surface area contributed by atoms with Gasteiger partial charge < -0.3 is 4.74 Å². The largest absolute Gasteiger partial charge is 0.479 e. The first-order valence-corrected chi connectivity index (χ1v) is 4.38. The number of halogens is 1. The molecule has 6 radical (unpaired) electrons. The number of rotatable bonds is 3. The van der Waals surface area contributed by atoms with Gasteiger partial charge in [0, 0.05) is 16.7 Å². The van der Waals surface area contributed by atoms with E-state index in [-0.39, 0.29) is 6.61 Å². The topological polar surface area (TPSA) is 22.1 Å². The molecular weight excluding hydrogens is 226 g/mol. The van der Waals surface area contributed by atoms with E-state index in [1.807, 2.05) is 0 Å². The Morgan fingerprint density at radius 2 is 2.08 bits per heavy atom. The summed E-state index contributed by atoms with van der Waals surface area (Å²) in [6.45, 7) is 0.0155. The molecule has 0 N–H and O–H groups in total. The van der Waals surface area contributed by atoms with Gasteiger partial charge in [0.05, 0.1) is 30.1 Å². The standard InChI is InChI=1S/C7H5B3BrNO/c8-7(9,10)4-13-6-2-1-5(11)3-12-6/h1-3H,4H2. The van der Waals surface area contributed by atoms with Crippen LogP contribution in [0.25, 0.3) is 0 Å². The first-order chi connectivity index (χ1) is 5.97. The maximum Gasteiger partial charge on any atom is 0.213 e. The highest BCUT2D eigenvalue weighted by molar-refractivity contribution is 9.10. The zero-order valence-electron chi connectivity index (χ0n) is 6.90. The highest BCUT2D eigenvalue weighted by atomic mass is 79.9. The predicted octanol–water partition coefficient (Wildman–Crippen LogP) is 0.802. The Hall–Kier alpha value is -0.375. The second-order valence-electron chi connectivity index (χ2n) is 2.72. The molecule has 0 aromatic carbocycles. The van der Waals surface area contributed by atoms with Crippen molar-refractivity contribution in [2.45, 2.75) is 5.11 Å². The number of pyridine rings is 1. The van der Waals surface area contributed by atoms with Crippen LogP contribution in [0.4, 0.5) is 0 Å². The Morgan fingerprint density at radius 1 is 1.38 bits per heavy atom. The van der Waals surface area contributed by atoms with Gasteiger partial charge in [0.1, 0.15) is 0 Å². The van der Waals surface area contributed by atoms with Crippen molar-refractivity contribution in [3.05, 3.63) is 22.8 Å². The van der Waals surface area contributed by atoms with E-state index < -0.39 is 5.11 Å². The van der Waals surface area contributed by atoms with Crippen molar-refractivity contribution in [2.75, 3.05) is 6.61 Å². The average Bonchev–Trinajstić information content (AvgIpc) is 2.02. The average molecular weight is 231 g/mol. The molecule has 1 aromatic heterocycles. The number of ether oxygens (including phenoxy) is 1. The first kappa shape index (κ1) is 10.7. The smallest absolute Gasteiger partial charge is 0.213 e. The molecule has 0 bridgehead atoms. The zero-order valence-corrected chi connectivity index (χ0v) is 8.49. The molecule has 0 fully saturated rings. The van der Waals surface area contributed by atoms with Gasteiger partial charge in [-0.2, -0.15) is 0 Å². The van der Waals surface area contributed by atoms with Crippen molar-refractivity contribution in [1.82, 2.24) is 4.98 Å². The van der Waals surface area contributed by atoms with Crippen LogP contribution in [0.1, 0.15) is 0 Å². The minimum absolute atomic E-state index is 0.0155. The third-order valence-electron chi connectivity index (χ3n) is 1.17. The van der Waals surface area contributed by atoms with Crippen LogP contribution >= 0.6 is 15.9 Å². The van der Waals surface area contributed by atoms with Crippen molar-refractivity contribution in [3.8, 4) is 5.88 Å². The van der Waals surface area contributed by atoms with Crippen LogP contribution in [0.15, 0.2) is 22.8 Å². The van der Waals surface area contributed by atoms with Gasteiger partial charge in [-0.15, -0.1) is 0 Å². The molecule has 13 heavy (non-hydrogen) atoms. The number of hydrogen-bond acceptors (Lipinski definition) is 2. The number of nitrogens with zero attached hydrogens (tertiary/aromatic N) is 1. The molecule has 1 aromatic rings. The van der Waals surface area contributed by atoms with Crippen molar-refractivity contribution in [1.29, 1.82) is 0 Å². The summed E-state index contributed by atoms with van der Waals surface area (Å²) in [5, 5.41) is -1.32. The predicted molar refractivity (Wildman–Crippen MR) is 57.4 cm³/mol. The summed E-state index contributed by atoms with van der Waals surface area (Å²) in [6.07, 6.45) is 1.61. The summed E-state index contributed by atoms with van der Waals surface area (Å²) >= 11 is 3.24. The van der Waals surface area contributed by atoms with Gasteiger partial charge in [-0.05, 0) is 22.0 Å². The molecular formula is C7H5B3BrNO. The zero-order chi connectivity index (χ0) is 9.90. The molecule has 1 rings (SSSR count). The summed E-state index contributed by atoms with van der Waals surface area (Å²) < 4.78 is 5.99. The molecule has 6 heteroatoms. The van der Waals surface area contributed by atoms with Crippen molar-refractivity contribution >= 4 is 39.5 Å². The van der Waals surface area contributed by atoms with Crippen molar-refractivity contribution in [3.63, 3.8) is 0 Å². The summed E-state index contributed by atoms with van der Waals surface area (Å²) in [5.74, 6) is 0.439. The summed E-state index contributed by atoms with van der Waals surface area (Å²) in [6, 6.07) is 3.49. The number of hydrogen-bond donors (Lipinski definition) is 0. The lowest BCUT2D eigenvalue weighted by molar-refractivity contribution is 0.310. The fourth-order valence-electron chi connectivity index (χ4n) is 0.647. The summed E-state index contributed by atoms with van der Waals surface area (Å²) in [7, 11) is 15.9. The maximum absolute atomic E-state index is 5.31. The Balaban J connectivity index is 2.51. The van der Waals surface area contributed by atoms with Crippen molar-refractivity contribution in [2.24, 2.45) is 0 Å². The van der Waals surface area contributed by atoms with E-state index in [1.165, 1.54) is 0 Å². The second-order valence-corrected chi connectivity index (χ2v) is 3.63. The van der Waals surface area contributed by atoms with E-state index in [9.17, 15) is 0 Å². The van der Waals surface area contributed by atoms with E-state index in [2.05, 4.69) is 20.9 Å². The third kappa shape index (κ3) is 4.41. The van der Waals surface area contributed by atoms with Crippen LogP contribution in [0.3, 0.4) is 0 Å². The molecule has 2 nitrogen and oxygen atoms in total. The molecule has 0 saturated carbocycles. The molecule has 0 aliphatic carbocycles. The van der Waals surface area contributed by atoms with E-state index in [1.54, 1.807) is 18.3 Å². The summed E-state index contributed by atoms with van der Waals surface area (Å²) in [5.41, 5.74) is 0. The first-order valence-electron chi connectivity index (χ1n) is 3.58. The quantitative estimate of drug-likeness (QED) is 0.718. The van der Waals surface area contributed by atoms with Gasteiger partial charge in [-0.25, -0.2) is 4.98 Å². The van der Waals surface area contributed by atoms with E-state index >= 15 is 0 Å². The van der Waals surface area contributed by atoms with Crippen molar-refractivity contribution < 1.29 is 4.74 Å².